The molecule has 0 aromatic carbocycles. The summed E-state index contributed by atoms with van der Waals surface area (Å²) in [6, 6.07) is -0.00528. The van der Waals surface area contributed by atoms with Crippen LogP contribution in [0.25, 0.3) is 0 Å². The van der Waals surface area contributed by atoms with Gasteiger partial charge in [0.05, 0.1) is 14.2 Å². The highest BCUT2D eigenvalue weighted by Gasteiger charge is 2.25. The molecule has 13 heavy (non-hydrogen) atoms. The third kappa shape index (κ3) is 2.55. The number of alkyl halides is 1. The second-order valence-electron chi connectivity index (χ2n) is 2.71. The molecule has 0 aliphatic carbocycles. The van der Waals surface area contributed by atoms with Crippen molar-refractivity contribution in [3.8, 4) is 0 Å². The lowest BCUT2D eigenvalue weighted by molar-refractivity contribution is 0.360. The van der Waals surface area contributed by atoms with E-state index in [0.29, 0.717) is 22.3 Å². The Morgan fingerprint density at radius 3 is 2.62 bits per heavy atom. The van der Waals surface area contributed by atoms with Crippen LogP contribution in [0, 0.1) is 0 Å². The molecule has 2 atom stereocenters. The Morgan fingerprint density at radius 2 is 2.15 bits per heavy atom. The molecule has 1 heterocycles. The van der Waals surface area contributed by atoms with Crippen LogP contribution < -0.4 is 0 Å². The highest BCUT2D eigenvalue weighted by Crippen LogP contribution is 2.15. The van der Waals surface area contributed by atoms with Crippen molar-refractivity contribution in [3.63, 3.8) is 0 Å². The van der Waals surface area contributed by atoms with E-state index in [4.69, 9.17) is 9.47 Å². The summed E-state index contributed by atoms with van der Waals surface area (Å²) in [5.41, 5.74) is 0. The van der Waals surface area contributed by atoms with E-state index >= 15 is 0 Å². The largest absolute Gasteiger partial charge is 0.483 e. The smallest absolute Gasteiger partial charge is 0.210 e. The van der Waals surface area contributed by atoms with Gasteiger partial charge in [-0.1, -0.05) is 29.5 Å². The third-order valence-electron chi connectivity index (χ3n) is 1.79. The molecule has 1 unspecified atom stereocenters. The van der Waals surface area contributed by atoms with Gasteiger partial charge in [-0.15, -0.1) is 0 Å². The lowest BCUT2D eigenvalue weighted by Crippen LogP contribution is -2.34. The van der Waals surface area contributed by atoms with Crippen LogP contribution in [0.4, 0.5) is 0 Å². The van der Waals surface area contributed by atoms with Gasteiger partial charge >= 0.3 is 0 Å². The van der Waals surface area contributed by atoms with Crippen molar-refractivity contribution in [1.82, 2.24) is 0 Å². The van der Waals surface area contributed by atoms with Crippen LogP contribution in [-0.4, -0.2) is 42.5 Å². The Kier molecular flexibility index (Phi) is 3.95. The molecular formula is C8H13IN2O2. The van der Waals surface area contributed by atoms with Crippen molar-refractivity contribution in [1.29, 1.82) is 0 Å². The van der Waals surface area contributed by atoms with Crippen LogP contribution in [0.3, 0.4) is 0 Å². The number of hydrogen-bond donors (Lipinski definition) is 0. The first-order chi connectivity index (χ1) is 6.19. The van der Waals surface area contributed by atoms with Crippen molar-refractivity contribution in [2.45, 2.75) is 16.9 Å². The summed E-state index contributed by atoms with van der Waals surface area (Å²) in [6.07, 6.45) is 0. The number of halogens is 1. The first-order valence-corrected chi connectivity index (χ1v) is 5.26. The van der Waals surface area contributed by atoms with Crippen molar-refractivity contribution < 1.29 is 9.47 Å². The molecule has 1 aliphatic rings. The van der Waals surface area contributed by atoms with Gasteiger partial charge in [0.15, 0.2) is 0 Å². The zero-order valence-electron chi connectivity index (χ0n) is 7.95. The molecule has 0 radical (unpaired) electrons. The van der Waals surface area contributed by atoms with E-state index in [1.165, 1.54) is 0 Å². The van der Waals surface area contributed by atoms with E-state index in [2.05, 4.69) is 39.5 Å². The van der Waals surface area contributed by atoms with E-state index < -0.39 is 0 Å². The number of methoxy groups -OCH3 is 2. The Balaban J connectivity index is 2.78. The fraction of sp³-hybridized carbons (Fsp3) is 0.750. The number of rotatable bonds is 1. The van der Waals surface area contributed by atoms with Gasteiger partial charge in [-0.25, -0.2) is 9.98 Å². The summed E-state index contributed by atoms with van der Waals surface area (Å²) in [6.45, 7) is 2.56. The van der Waals surface area contributed by atoms with E-state index in [1.54, 1.807) is 14.2 Å². The van der Waals surface area contributed by atoms with Gasteiger partial charge in [-0.05, 0) is 0 Å². The number of ether oxygens (including phenoxy) is 2. The molecule has 0 aromatic heterocycles. The first-order valence-electron chi connectivity index (χ1n) is 4.02. The monoisotopic (exact) mass is 296 g/mol. The SMILES string of the molecule is COC1=N[C@H](C(C)I)C(OC)=NC1. The number of hydrogen-bond acceptors (Lipinski definition) is 4. The molecule has 0 bridgehead atoms. The summed E-state index contributed by atoms with van der Waals surface area (Å²) in [5.74, 6) is 1.37. The molecule has 0 saturated heterocycles. The van der Waals surface area contributed by atoms with E-state index in [9.17, 15) is 0 Å². The average molecular weight is 296 g/mol. The van der Waals surface area contributed by atoms with Crippen molar-refractivity contribution in [2.24, 2.45) is 9.98 Å². The number of aliphatic imine (C=N–C) groups is 2. The van der Waals surface area contributed by atoms with Gasteiger partial charge in [-0.3, -0.25) is 0 Å². The van der Waals surface area contributed by atoms with Crippen LogP contribution in [0.15, 0.2) is 9.98 Å². The summed E-state index contributed by atoms with van der Waals surface area (Å²) < 4.78 is 10.5. The van der Waals surface area contributed by atoms with E-state index in [-0.39, 0.29) is 6.04 Å². The van der Waals surface area contributed by atoms with Crippen LogP contribution in [-0.2, 0) is 9.47 Å². The van der Waals surface area contributed by atoms with Crippen LogP contribution >= 0.6 is 22.6 Å². The molecule has 0 N–H and O–H groups in total. The summed E-state index contributed by atoms with van der Waals surface area (Å²) in [5, 5.41) is 0. The first kappa shape index (κ1) is 10.7. The molecule has 0 spiro atoms. The maximum absolute atomic E-state index is 5.14. The fourth-order valence-corrected chi connectivity index (χ4v) is 1.56. The molecule has 74 valence electrons. The van der Waals surface area contributed by atoms with Crippen LogP contribution in [0.2, 0.25) is 0 Å². The highest BCUT2D eigenvalue weighted by molar-refractivity contribution is 14.1. The molecule has 0 aromatic rings. The third-order valence-corrected chi connectivity index (χ3v) is 2.47. The zero-order valence-corrected chi connectivity index (χ0v) is 10.1. The molecule has 1 rings (SSSR count). The van der Waals surface area contributed by atoms with Crippen molar-refractivity contribution in [3.05, 3.63) is 0 Å². The van der Waals surface area contributed by atoms with Crippen molar-refractivity contribution >= 4 is 34.4 Å². The standard InChI is InChI=1S/C8H13IN2O2/c1-5(9)7-8(13-3)10-4-6(11-7)12-2/h5,7H,4H2,1-3H3/t5?,7-/m1/s1. The van der Waals surface area contributed by atoms with E-state index in [1.807, 2.05) is 0 Å². The minimum Gasteiger partial charge on any atom is -0.483 e. The summed E-state index contributed by atoms with van der Waals surface area (Å²) in [4.78, 5) is 8.62. The lowest BCUT2D eigenvalue weighted by atomic mass is 10.2. The van der Waals surface area contributed by atoms with Gasteiger partial charge in [-0.2, -0.15) is 0 Å². The van der Waals surface area contributed by atoms with Gasteiger partial charge in [0.1, 0.15) is 12.6 Å². The normalized spacial score (nSPS) is 24.5. The zero-order chi connectivity index (χ0) is 9.84. The molecule has 1 aliphatic heterocycles. The predicted octanol–water partition coefficient (Wildman–Crippen LogP) is 1.28. The Bertz CT molecular complexity index is 238. The van der Waals surface area contributed by atoms with Crippen LogP contribution in [0.5, 0.6) is 0 Å². The van der Waals surface area contributed by atoms with Crippen LogP contribution in [0.1, 0.15) is 6.92 Å². The predicted molar refractivity (Wildman–Crippen MR) is 61.0 cm³/mol. The average Bonchev–Trinajstić information content (AvgIpc) is 2.16. The minimum atomic E-state index is -0.00528. The molecule has 5 heteroatoms. The number of nitrogens with zero attached hydrogens (tertiary/aromatic N) is 2. The topological polar surface area (TPSA) is 43.2 Å². The second-order valence-corrected chi connectivity index (χ2v) is 4.67. The Labute approximate surface area is 91.6 Å². The summed E-state index contributed by atoms with van der Waals surface area (Å²) >= 11 is 2.30. The minimum absolute atomic E-state index is 0.00528. The van der Waals surface area contributed by atoms with Gasteiger partial charge < -0.3 is 9.47 Å². The quantitative estimate of drug-likeness (QED) is 0.540. The Hall–Kier alpha value is -0.330. The summed E-state index contributed by atoms with van der Waals surface area (Å²) in [7, 11) is 3.24. The second kappa shape index (κ2) is 4.78. The van der Waals surface area contributed by atoms with Gasteiger partial charge in [0, 0.05) is 3.92 Å². The molecule has 0 saturated carbocycles. The molecule has 4 nitrogen and oxygen atoms in total. The highest BCUT2D eigenvalue weighted by atomic mass is 127. The van der Waals surface area contributed by atoms with Gasteiger partial charge in [0.2, 0.25) is 11.8 Å². The van der Waals surface area contributed by atoms with Crippen molar-refractivity contribution in [2.75, 3.05) is 20.8 Å². The molecule has 0 amide bonds. The molecular weight excluding hydrogens is 283 g/mol. The molecule has 0 fully saturated rings. The maximum atomic E-state index is 5.14. The van der Waals surface area contributed by atoms with Gasteiger partial charge in [0.25, 0.3) is 0 Å². The Morgan fingerprint density at radius 1 is 1.46 bits per heavy atom. The lowest BCUT2D eigenvalue weighted by Gasteiger charge is -2.21. The fourth-order valence-electron chi connectivity index (χ4n) is 1.09. The maximum Gasteiger partial charge on any atom is 0.210 e. The van der Waals surface area contributed by atoms with E-state index in [0.717, 1.165) is 0 Å².